The van der Waals surface area contributed by atoms with E-state index in [9.17, 15) is 4.79 Å². The Hall–Kier alpha value is -1.56. The van der Waals surface area contributed by atoms with Gasteiger partial charge in [-0.3, -0.25) is 4.68 Å². The lowest BCUT2D eigenvalue weighted by atomic mass is 9.57. The predicted molar refractivity (Wildman–Crippen MR) is 86.4 cm³/mol. The van der Waals surface area contributed by atoms with Crippen LogP contribution in [0.25, 0.3) is 0 Å². The van der Waals surface area contributed by atoms with Crippen LogP contribution < -0.4 is 10.6 Å². The molecule has 1 amide bonds. The molecular weight excluding hydrogens is 292 g/mol. The standard InChI is InChI=1S/C17H26N4O2/c1-12-13-10-18-9-2-14(13)20-21(12)11-16-3-6-17(7-4-16,8-5-16)19-15(22)23/h18-19H,2-11H2,1H3,(H,22,23). The van der Waals surface area contributed by atoms with Crippen molar-refractivity contribution in [3.05, 3.63) is 17.0 Å². The molecule has 3 saturated carbocycles. The van der Waals surface area contributed by atoms with E-state index in [1.54, 1.807) is 0 Å². The Kier molecular flexibility index (Phi) is 3.41. The van der Waals surface area contributed by atoms with E-state index in [1.807, 2.05) is 0 Å². The molecule has 2 heterocycles. The minimum atomic E-state index is -0.873. The number of rotatable bonds is 3. The molecule has 0 atom stereocenters. The van der Waals surface area contributed by atoms with Crippen LogP contribution >= 0.6 is 0 Å². The SMILES string of the molecule is Cc1c2c(nn1CC13CCC(NC(=O)O)(CC1)CC3)CCNC2. The molecule has 3 aliphatic carbocycles. The fraction of sp³-hybridized carbons (Fsp3) is 0.765. The normalized spacial score (nSPS) is 32.6. The molecule has 4 aliphatic rings. The van der Waals surface area contributed by atoms with Gasteiger partial charge in [-0.25, -0.2) is 4.79 Å². The lowest BCUT2D eigenvalue weighted by Gasteiger charge is -2.53. The number of carboxylic acid groups (broad SMARTS) is 1. The van der Waals surface area contributed by atoms with E-state index in [1.165, 1.54) is 17.0 Å². The number of nitrogens with zero attached hydrogens (tertiary/aromatic N) is 2. The Morgan fingerprint density at radius 1 is 1.30 bits per heavy atom. The summed E-state index contributed by atoms with van der Waals surface area (Å²) in [6.45, 7) is 5.16. The van der Waals surface area contributed by atoms with Gasteiger partial charge in [0.2, 0.25) is 0 Å². The number of carbonyl (C=O) groups is 1. The van der Waals surface area contributed by atoms with Gasteiger partial charge in [-0.05, 0) is 50.9 Å². The zero-order chi connectivity index (χ0) is 16.1. The minimum absolute atomic E-state index is 0.157. The number of hydrogen-bond donors (Lipinski definition) is 3. The van der Waals surface area contributed by atoms with Gasteiger partial charge >= 0.3 is 6.09 Å². The van der Waals surface area contributed by atoms with Gasteiger partial charge < -0.3 is 15.7 Å². The van der Waals surface area contributed by atoms with Crippen molar-refractivity contribution in [2.45, 2.75) is 70.5 Å². The van der Waals surface area contributed by atoms with Crippen molar-refractivity contribution in [1.82, 2.24) is 20.4 Å². The maximum Gasteiger partial charge on any atom is 0.405 e. The second-order valence-corrected chi connectivity index (χ2v) is 7.81. The fourth-order valence-corrected chi connectivity index (χ4v) is 4.88. The van der Waals surface area contributed by atoms with Crippen LogP contribution in [0.15, 0.2) is 0 Å². The number of nitrogens with one attached hydrogen (secondary N) is 2. The molecule has 0 radical (unpaired) electrons. The Morgan fingerprint density at radius 3 is 2.61 bits per heavy atom. The molecule has 0 saturated heterocycles. The van der Waals surface area contributed by atoms with Crippen molar-refractivity contribution in [3.8, 4) is 0 Å². The molecule has 1 aliphatic heterocycles. The highest BCUT2D eigenvalue weighted by Crippen LogP contribution is 2.53. The summed E-state index contributed by atoms with van der Waals surface area (Å²) in [6, 6.07) is 0. The third-order valence-corrected chi connectivity index (χ3v) is 6.51. The van der Waals surface area contributed by atoms with Crippen molar-refractivity contribution < 1.29 is 9.90 Å². The van der Waals surface area contributed by atoms with Gasteiger partial charge in [-0.2, -0.15) is 5.10 Å². The quantitative estimate of drug-likeness (QED) is 0.798. The van der Waals surface area contributed by atoms with E-state index >= 15 is 0 Å². The average molecular weight is 318 g/mol. The molecule has 6 nitrogen and oxygen atoms in total. The molecule has 23 heavy (non-hydrogen) atoms. The van der Waals surface area contributed by atoms with Gasteiger partial charge in [-0.15, -0.1) is 0 Å². The van der Waals surface area contributed by atoms with Gasteiger partial charge in [0.05, 0.1) is 5.69 Å². The first-order valence-electron chi connectivity index (χ1n) is 8.78. The largest absolute Gasteiger partial charge is 0.465 e. The van der Waals surface area contributed by atoms with Crippen molar-refractivity contribution in [3.63, 3.8) is 0 Å². The zero-order valence-corrected chi connectivity index (χ0v) is 13.8. The number of hydrogen-bond acceptors (Lipinski definition) is 3. The van der Waals surface area contributed by atoms with Crippen LogP contribution in [0.4, 0.5) is 4.79 Å². The molecule has 1 aromatic rings. The highest BCUT2D eigenvalue weighted by molar-refractivity contribution is 5.65. The topological polar surface area (TPSA) is 79.2 Å². The maximum atomic E-state index is 11.0. The molecule has 5 rings (SSSR count). The highest BCUT2D eigenvalue weighted by Gasteiger charge is 2.49. The van der Waals surface area contributed by atoms with Crippen LogP contribution in [-0.2, 0) is 19.5 Å². The summed E-state index contributed by atoms with van der Waals surface area (Å²) in [4.78, 5) is 11.0. The van der Waals surface area contributed by atoms with Crippen LogP contribution in [0.2, 0.25) is 0 Å². The molecule has 6 heteroatoms. The van der Waals surface area contributed by atoms with Gasteiger partial charge in [-0.1, -0.05) is 0 Å². The van der Waals surface area contributed by atoms with Gasteiger partial charge in [0.25, 0.3) is 0 Å². The molecule has 0 unspecified atom stereocenters. The predicted octanol–water partition coefficient (Wildman–Crippen LogP) is 2.20. The lowest BCUT2D eigenvalue weighted by Crippen LogP contribution is -2.57. The second-order valence-electron chi connectivity index (χ2n) is 7.81. The fourth-order valence-electron chi connectivity index (χ4n) is 4.88. The van der Waals surface area contributed by atoms with Gasteiger partial charge in [0.1, 0.15) is 0 Å². The van der Waals surface area contributed by atoms with Crippen LogP contribution in [0, 0.1) is 12.3 Å². The summed E-state index contributed by atoms with van der Waals surface area (Å²) in [5.74, 6) is 0. The Bertz CT molecular complexity index is 612. The van der Waals surface area contributed by atoms with E-state index < -0.39 is 6.09 Å². The Balaban J connectivity index is 1.51. The van der Waals surface area contributed by atoms with Gasteiger partial charge in [0, 0.05) is 42.9 Å². The first-order valence-corrected chi connectivity index (χ1v) is 8.78. The zero-order valence-electron chi connectivity index (χ0n) is 13.8. The van der Waals surface area contributed by atoms with Crippen LogP contribution in [0.3, 0.4) is 0 Å². The average Bonchev–Trinajstić information content (AvgIpc) is 2.85. The second kappa shape index (κ2) is 5.23. The van der Waals surface area contributed by atoms with Crippen molar-refractivity contribution >= 4 is 6.09 Å². The molecule has 0 spiro atoms. The Labute approximate surface area is 136 Å². The first kappa shape index (κ1) is 15.0. The van der Waals surface area contributed by atoms with Crippen molar-refractivity contribution in [2.75, 3.05) is 6.54 Å². The summed E-state index contributed by atoms with van der Waals surface area (Å²) in [7, 11) is 0. The summed E-state index contributed by atoms with van der Waals surface area (Å²) >= 11 is 0. The minimum Gasteiger partial charge on any atom is -0.465 e. The summed E-state index contributed by atoms with van der Waals surface area (Å²) in [5, 5.41) is 20.2. The monoisotopic (exact) mass is 318 g/mol. The van der Waals surface area contributed by atoms with Crippen molar-refractivity contribution in [1.29, 1.82) is 0 Å². The first-order chi connectivity index (χ1) is 11.0. The van der Waals surface area contributed by atoms with E-state index in [0.29, 0.717) is 5.41 Å². The van der Waals surface area contributed by atoms with Gasteiger partial charge in [0.15, 0.2) is 0 Å². The molecule has 3 fully saturated rings. The number of fused-ring (bicyclic) bond motifs is 4. The smallest absolute Gasteiger partial charge is 0.405 e. The lowest BCUT2D eigenvalue weighted by molar-refractivity contribution is 0.00962. The van der Waals surface area contributed by atoms with E-state index in [-0.39, 0.29) is 5.54 Å². The number of aromatic nitrogens is 2. The third-order valence-electron chi connectivity index (χ3n) is 6.51. The molecule has 1 aromatic heterocycles. The summed E-state index contributed by atoms with van der Waals surface area (Å²) in [6.07, 6.45) is 6.40. The third kappa shape index (κ3) is 2.53. The number of amides is 1. The summed E-state index contributed by atoms with van der Waals surface area (Å²) < 4.78 is 2.24. The van der Waals surface area contributed by atoms with Crippen LogP contribution in [0.1, 0.15) is 55.5 Å². The van der Waals surface area contributed by atoms with Crippen LogP contribution in [0.5, 0.6) is 0 Å². The molecule has 3 N–H and O–H groups in total. The maximum absolute atomic E-state index is 11.0. The molecule has 2 bridgehead atoms. The van der Waals surface area contributed by atoms with Crippen molar-refractivity contribution in [2.24, 2.45) is 5.41 Å². The van der Waals surface area contributed by atoms with Crippen LogP contribution in [-0.4, -0.2) is 33.1 Å². The highest BCUT2D eigenvalue weighted by atomic mass is 16.4. The van der Waals surface area contributed by atoms with E-state index in [0.717, 1.165) is 64.6 Å². The summed E-state index contributed by atoms with van der Waals surface area (Å²) in [5.41, 5.74) is 4.13. The molecular formula is C17H26N4O2. The molecule has 126 valence electrons. The van der Waals surface area contributed by atoms with E-state index in [4.69, 9.17) is 10.2 Å². The molecule has 0 aromatic carbocycles. The Morgan fingerprint density at radius 2 is 2.00 bits per heavy atom. The van der Waals surface area contributed by atoms with E-state index in [2.05, 4.69) is 22.2 Å².